The van der Waals surface area contributed by atoms with E-state index in [4.69, 9.17) is 4.74 Å². The van der Waals surface area contributed by atoms with Gasteiger partial charge in [-0.05, 0) is 42.0 Å². The highest BCUT2D eigenvalue weighted by molar-refractivity contribution is 8.00. The number of nitrogens with one attached hydrogen (secondary N) is 1. The van der Waals surface area contributed by atoms with Crippen molar-refractivity contribution in [3.05, 3.63) is 59.4 Å². The monoisotopic (exact) mass is 388 g/mol. The van der Waals surface area contributed by atoms with Gasteiger partial charge in [-0.15, -0.1) is 11.8 Å². The Morgan fingerprint density at radius 2 is 1.96 bits per heavy atom. The number of pyridine rings is 1. The van der Waals surface area contributed by atoms with Gasteiger partial charge in [0.15, 0.2) is 4.93 Å². The average Bonchev–Trinajstić information content (AvgIpc) is 2.70. The van der Waals surface area contributed by atoms with E-state index in [-0.39, 0.29) is 12.8 Å². The molecule has 0 aliphatic carbocycles. The Labute approximate surface area is 163 Å². The summed E-state index contributed by atoms with van der Waals surface area (Å²) in [5.74, 6) is -0.0270. The molecular weight excluding hydrogens is 364 g/mol. The molecule has 0 saturated carbocycles. The SMILES string of the molecule is CCc1ccc(CCOc2ccc(CC(O)(SC)C(=O)NC=O)cc2)nc1. The minimum absolute atomic E-state index is 0.0851. The molecule has 0 fully saturated rings. The van der Waals surface area contributed by atoms with Crippen LogP contribution in [0.1, 0.15) is 23.7 Å². The third-order valence-electron chi connectivity index (χ3n) is 4.17. The molecule has 1 aromatic heterocycles. The predicted octanol–water partition coefficient (Wildman–Crippen LogP) is 2.13. The van der Waals surface area contributed by atoms with Gasteiger partial charge in [-0.2, -0.15) is 0 Å². The second-order valence-electron chi connectivity index (χ2n) is 6.01. The molecule has 0 spiro atoms. The van der Waals surface area contributed by atoms with Crippen LogP contribution in [0.4, 0.5) is 0 Å². The smallest absolute Gasteiger partial charge is 0.269 e. The molecule has 0 radical (unpaired) electrons. The number of ether oxygens (including phenoxy) is 1. The standard InChI is InChI=1S/C20H24N2O4S/c1-3-15-4-7-17(21-13-15)10-11-26-18-8-5-16(6-9-18)12-20(25,27-2)19(24)22-14-23/h4-9,13-14,25H,3,10-12H2,1-2H3,(H,22,23,24). The van der Waals surface area contributed by atoms with E-state index in [0.717, 1.165) is 29.4 Å². The number of imide groups is 1. The molecule has 1 heterocycles. The van der Waals surface area contributed by atoms with Crippen molar-refractivity contribution in [2.75, 3.05) is 12.9 Å². The van der Waals surface area contributed by atoms with Crippen LogP contribution in [0.25, 0.3) is 0 Å². The van der Waals surface area contributed by atoms with Gasteiger partial charge in [0.2, 0.25) is 6.41 Å². The Bertz CT molecular complexity index is 750. The molecule has 6 nitrogen and oxygen atoms in total. The fraction of sp³-hybridized carbons (Fsp3) is 0.350. The van der Waals surface area contributed by atoms with Gasteiger partial charge < -0.3 is 9.84 Å². The van der Waals surface area contributed by atoms with Gasteiger partial charge in [-0.3, -0.25) is 19.9 Å². The molecule has 2 aromatic rings. The molecule has 27 heavy (non-hydrogen) atoms. The molecule has 144 valence electrons. The van der Waals surface area contributed by atoms with Crippen molar-refractivity contribution in [3.8, 4) is 5.75 Å². The normalized spacial score (nSPS) is 12.9. The van der Waals surface area contributed by atoms with Crippen LogP contribution in [-0.4, -0.2) is 40.2 Å². The molecule has 0 aliphatic rings. The number of hydrogen-bond acceptors (Lipinski definition) is 6. The molecule has 1 atom stereocenters. The van der Waals surface area contributed by atoms with Gasteiger partial charge >= 0.3 is 0 Å². The van der Waals surface area contributed by atoms with Crippen molar-refractivity contribution < 1.29 is 19.4 Å². The number of aryl methyl sites for hydroxylation is 1. The van der Waals surface area contributed by atoms with Crippen LogP contribution >= 0.6 is 11.8 Å². The van der Waals surface area contributed by atoms with Crippen LogP contribution in [0.15, 0.2) is 42.6 Å². The summed E-state index contributed by atoms with van der Waals surface area (Å²) >= 11 is 0.980. The number of hydrogen-bond donors (Lipinski definition) is 2. The van der Waals surface area contributed by atoms with Gasteiger partial charge in [0, 0.05) is 24.7 Å². The second-order valence-corrected chi connectivity index (χ2v) is 7.09. The van der Waals surface area contributed by atoms with Crippen LogP contribution in [0.5, 0.6) is 5.75 Å². The largest absolute Gasteiger partial charge is 0.493 e. The summed E-state index contributed by atoms with van der Waals surface area (Å²) in [5.41, 5.74) is 2.95. The molecule has 1 unspecified atom stereocenters. The number of nitrogens with zero attached hydrogens (tertiary/aromatic N) is 1. The van der Waals surface area contributed by atoms with E-state index < -0.39 is 10.8 Å². The lowest BCUT2D eigenvalue weighted by molar-refractivity contribution is -0.134. The lowest BCUT2D eigenvalue weighted by Crippen LogP contribution is -2.45. The van der Waals surface area contributed by atoms with Crippen molar-refractivity contribution in [2.24, 2.45) is 0 Å². The number of carbonyl (C=O) groups is 2. The minimum atomic E-state index is -1.69. The maximum absolute atomic E-state index is 11.8. The Balaban J connectivity index is 1.88. The third kappa shape index (κ3) is 6.08. The quantitative estimate of drug-likeness (QED) is 0.479. The fourth-order valence-corrected chi connectivity index (χ4v) is 3.03. The van der Waals surface area contributed by atoms with Crippen molar-refractivity contribution in [3.63, 3.8) is 0 Å². The lowest BCUT2D eigenvalue weighted by Gasteiger charge is -2.23. The summed E-state index contributed by atoms with van der Waals surface area (Å²) in [6.45, 7) is 2.60. The van der Waals surface area contributed by atoms with E-state index in [0.29, 0.717) is 18.8 Å². The highest BCUT2D eigenvalue weighted by Crippen LogP contribution is 2.26. The first kappa shape index (κ1) is 20.9. The van der Waals surface area contributed by atoms with E-state index in [9.17, 15) is 14.7 Å². The number of amides is 2. The molecule has 0 saturated heterocycles. The summed E-state index contributed by atoms with van der Waals surface area (Å²) in [4.78, 5) is 25.0. The predicted molar refractivity (Wildman–Crippen MR) is 106 cm³/mol. The Morgan fingerprint density at radius 3 is 2.52 bits per heavy atom. The van der Waals surface area contributed by atoms with Crippen molar-refractivity contribution >= 4 is 24.1 Å². The summed E-state index contributed by atoms with van der Waals surface area (Å²) < 4.78 is 5.73. The zero-order chi connectivity index (χ0) is 19.7. The van der Waals surface area contributed by atoms with E-state index in [1.807, 2.05) is 17.6 Å². The van der Waals surface area contributed by atoms with Crippen LogP contribution in [-0.2, 0) is 28.9 Å². The van der Waals surface area contributed by atoms with E-state index in [1.54, 1.807) is 30.5 Å². The van der Waals surface area contributed by atoms with Crippen LogP contribution in [0, 0.1) is 0 Å². The zero-order valence-corrected chi connectivity index (χ0v) is 16.3. The maximum Gasteiger partial charge on any atom is 0.269 e. The molecule has 0 aliphatic heterocycles. The molecule has 2 amide bonds. The topological polar surface area (TPSA) is 88.5 Å². The highest BCUT2D eigenvalue weighted by atomic mass is 32.2. The number of aliphatic hydroxyl groups is 1. The van der Waals surface area contributed by atoms with Gasteiger partial charge in [-0.25, -0.2) is 0 Å². The van der Waals surface area contributed by atoms with Gasteiger partial charge in [0.25, 0.3) is 5.91 Å². The molecule has 7 heteroatoms. The van der Waals surface area contributed by atoms with Crippen molar-refractivity contribution in [1.29, 1.82) is 0 Å². The number of carbonyl (C=O) groups excluding carboxylic acids is 2. The van der Waals surface area contributed by atoms with Crippen LogP contribution in [0.2, 0.25) is 0 Å². The van der Waals surface area contributed by atoms with Crippen LogP contribution in [0.3, 0.4) is 0 Å². The fourth-order valence-electron chi connectivity index (χ4n) is 2.48. The number of aromatic nitrogens is 1. The van der Waals surface area contributed by atoms with Crippen LogP contribution < -0.4 is 10.1 Å². The molecule has 0 bridgehead atoms. The van der Waals surface area contributed by atoms with E-state index >= 15 is 0 Å². The van der Waals surface area contributed by atoms with Crippen molar-refractivity contribution in [1.82, 2.24) is 10.3 Å². The molecule has 1 aromatic carbocycles. The number of thioether (sulfide) groups is 1. The Hall–Kier alpha value is -2.38. The molecule has 2 rings (SSSR count). The molecule has 2 N–H and O–H groups in total. The van der Waals surface area contributed by atoms with E-state index in [1.165, 1.54) is 5.56 Å². The zero-order valence-electron chi connectivity index (χ0n) is 15.5. The van der Waals surface area contributed by atoms with Gasteiger partial charge in [0.05, 0.1) is 6.61 Å². The van der Waals surface area contributed by atoms with Crippen molar-refractivity contribution in [2.45, 2.75) is 31.1 Å². The third-order valence-corrected chi connectivity index (χ3v) is 5.18. The summed E-state index contributed by atoms with van der Waals surface area (Å²) in [7, 11) is 0. The van der Waals surface area contributed by atoms with Gasteiger partial charge in [-0.1, -0.05) is 25.1 Å². The lowest BCUT2D eigenvalue weighted by atomic mass is 10.1. The average molecular weight is 388 g/mol. The number of benzene rings is 1. The summed E-state index contributed by atoms with van der Waals surface area (Å²) in [6.07, 6.45) is 5.54. The second kappa shape index (κ2) is 10.1. The highest BCUT2D eigenvalue weighted by Gasteiger charge is 2.35. The first-order valence-corrected chi connectivity index (χ1v) is 9.91. The number of rotatable bonds is 10. The van der Waals surface area contributed by atoms with E-state index in [2.05, 4.69) is 18.0 Å². The molecular formula is C20H24N2O4S. The first-order chi connectivity index (χ1) is 13.0. The summed E-state index contributed by atoms with van der Waals surface area (Å²) in [6, 6.07) is 11.3. The van der Waals surface area contributed by atoms with Gasteiger partial charge in [0.1, 0.15) is 5.75 Å². The minimum Gasteiger partial charge on any atom is -0.493 e. The Kier molecular flexibility index (Phi) is 7.82. The maximum atomic E-state index is 11.8. The Morgan fingerprint density at radius 1 is 1.26 bits per heavy atom. The summed E-state index contributed by atoms with van der Waals surface area (Å²) in [5, 5.41) is 12.4. The first-order valence-electron chi connectivity index (χ1n) is 8.68.